The van der Waals surface area contributed by atoms with Crippen LogP contribution < -0.4 is 11.1 Å². The smallest absolute Gasteiger partial charge is 0.340 e. The molecule has 0 saturated heterocycles. The molecule has 2 aliphatic carbocycles. The molecule has 0 saturated carbocycles. The van der Waals surface area contributed by atoms with Gasteiger partial charge in [0, 0.05) is 6.54 Å². The predicted octanol–water partition coefficient (Wildman–Crippen LogP) is 4.28. The maximum absolute atomic E-state index is 11.9. The zero-order valence-corrected chi connectivity index (χ0v) is 15.4. The Hall–Kier alpha value is -3.26. The van der Waals surface area contributed by atoms with E-state index >= 15 is 0 Å². The predicted molar refractivity (Wildman–Crippen MR) is 107 cm³/mol. The molecule has 0 unspecified atom stereocenters. The molecule has 0 spiro atoms. The number of benzene rings is 1. The van der Waals surface area contributed by atoms with Crippen molar-refractivity contribution in [2.24, 2.45) is 0 Å². The van der Waals surface area contributed by atoms with Crippen molar-refractivity contribution in [3.8, 4) is 6.07 Å². The number of ether oxygens (including phenoxy) is 1. The van der Waals surface area contributed by atoms with Crippen LogP contribution in [-0.2, 0) is 4.74 Å². The topological polar surface area (TPSA) is 88.1 Å². The number of methoxy groups -OCH3 is 1. The fourth-order valence-electron chi connectivity index (χ4n) is 3.43. The molecule has 2 aliphatic rings. The Morgan fingerprint density at radius 3 is 2.85 bits per heavy atom. The summed E-state index contributed by atoms with van der Waals surface area (Å²) in [6.45, 7) is 0.603. The third-order valence-electron chi connectivity index (χ3n) is 4.91. The van der Waals surface area contributed by atoms with Gasteiger partial charge in [-0.3, -0.25) is 0 Å². The standard InChI is InChI=1S/C22H23N3O2/c1-27-22(26)19-7-4-8-20(24)21(19)25-14-15-9-11-16(12-10-15)18-6-3-2-5-17(18)13-23/h2,4-5,7-9,11,25H,3,6,10,12,14,24H2,1H3. The largest absolute Gasteiger partial charge is 0.465 e. The number of nitrogens with one attached hydrogen (secondary N) is 1. The average molecular weight is 361 g/mol. The first-order valence-corrected chi connectivity index (χ1v) is 9.03. The van der Waals surface area contributed by atoms with Crippen molar-refractivity contribution in [2.75, 3.05) is 24.7 Å². The fraction of sp³-hybridized carbons (Fsp3) is 0.273. The number of hydrogen-bond donors (Lipinski definition) is 2. The van der Waals surface area contributed by atoms with Crippen molar-refractivity contribution < 1.29 is 9.53 Å². The van der Waals surface area contributed by atoms with Crippen LogP contribution in [0.15, 0.2) is 64.8 Å². The molecule has 0 amide bonds. The minimum absolute atomic E-state index is 0.411. The zero-order chi connectivity index (χ0) is 19.2. The van der Waals surface area contributed by atoms with Gasteiger partial charge in [-0.15, -0.1) is 0 Å². The Balaban J connectivity index is 1.74. The summed E-state index contributed by atoms with van der Waals surface area (Å²) in [6.07, 6.45) is 11.9. The molecule has 3 N–H and O–H groups in total. The average Bonchev–Trinajstić information content (AvgIpc) is 2.72. The van der Waals surface area contributed by atoms with Gasteiger partial charge >= 0.3 is 5.97 Å². The number of rotatable bonds is 5. The molecule has 1 aromatic rings. The van der Waals surface area contributed by atoms with Crippen molar-refractivity contribution in [3.63, 3.8) is 0 Å². The summed E-state index contributed by atoms with van der Waals surface area (Å²) in [5.41, 5.74) is 12.0. The molecular formula is C22H23N3O2. The maximum atomic E-state index is 11.9. The number of nitrogen functional groups attached to an aromatic ring is 1. The quantitative estimate of drug-likeness (QED) is 0.603. The van der Waals surface area contributed by atoms with Crippen LogP contribution in [0.25, 0.3) is 0 Å². The number of nitriles is 1. The first-order valence-electron chi connectivity index (χ1n) is 9.03. The van der Waals surface area contributed by atoms with Crippen molar-refractivity contribution in [3.05, 3.63) is 70.4 Å². The van der Waals surface area contributed by atoms with Crippen LogP contribution in [0.2, 0.25) is 0 Å². The number of nitrogens with two attached hydrogens (primary N) is 1. The van der Waals surface area contributed by atoms with E-state index in [1.165, 1.54) is 23.8 Å². The molecular weight excluding hydrogens is 338 g/mol. The minimum atomic E-state index is -0.411. The van der Waals surface area contributed by atoms with Gasteiger partial charge in [-0.25, -0.2) is 4.79 Å². The molecule has 3 rings (SSSR count). The first kappa shape index (κ1) is 18.5. The third-order valence-corrected chi connectivity index (χ3v) is 4.91. The third kappa shape index (κ3) is 4.12. The number of nitrogens with zero attached hydrogens (tertiary/aromatic N) is 1. The molecule has 0 aromatic heterocycles. The summed E-state index contributed by atoms with van der Waals surface area (Å²) in [6, 6.07) is 7.49. The van der Waals surface area contributed by atoms with Gasteiger partial charge in [0.15, 0.2) is 0 Å². The highest BCUT2D eigenvalue weighted by Gasteiger charge is 2.17. The van der Waals surface area contributed by atoms with E-state index in [-0.39, 0.29) is 0 Å². The number of allylic oxidation sites excluding steroid dienone is 7. The number of anilines is 2. The first-order chi connectivity index (χ1) is 13.1. The lowest BCUT2D eigenvalue weighted by Crippen LogP contribution is -2.13. The number of esters is 1. The van der Waals surface area contributed by atoms with Crippen molar-refractivity contribution in [1.29, 1.82) is 5.26 Å². The van der Waals surface area contributed by atoms with Gasteiger partial charge in [-0.1, -0.05) is 29.9 Å². The lowest BCUT2D eigenvalue weighted by Gasteiger charge is -2.21. The van der Waals surface area contributed by atoms with Gasteiger partial charge in [-0.05, 0) is 55.0 Å². The summed E-state index contributed by atoms with van der Waals surface area (Å²) >= 11 is 0. The van der Waals surface area contributed by atoms with E-state index in [1.807, 2.05) is 6.08 Å². The SMILES string of the molecule is COC(=O)c1cccc(N)c1NCC1=CC=C(C2=C(C#N)C=CCC2)CC1. The van der Waals surface area contributed by atoms with Gasteiger partial charge in [0.2, 0.25) is 0 Å². The molecule has 27 heavy (non-hydrogen) atoms. The Morgan fingerprint density at radius 2 is 2.15 bits per heavy atom. The van der Waals surface area contributed by atoms with Crippen molar-refractivity contribution in [1.82, 2.24) is 0 Å². The highest BCUT2D eigenvalue weighted by Crippen LogP contribution is 2.32. The van der Waals surface area contributed by atoms with Crippen molar-refractivity contribution in [2.45, 2.75) is 25.7 Å². The lowest BCUT2D eigenvalue weighted by molar-refractivity contribution is 0.0602. The molecule has 0 fully saturated rings. The molecule has 1 aromatic carbocycles. The van der Waals surface area contributed by atoms with E-state index in [4.69, 9.17) is 10.5 Å². The van der Waals surface area contributed by atoms with E-state index in [2.05, 4.69) is 29.6 Å². The normalized spacial score (nSPS) is 16.3. The van der Waals surface area contributed by atoms with Crippen LogP contribution in [0.4, 0.5) is 11.4 Å². The number of carbonyl (C=O) groups is 1. The van der Waals surface area contributed by atoms with Gasteiger partial charge in [-0.2, -0.15) is 5.26 Å². The van der Waals surface area contributed by atoms with E-state index in [1.54, 1.807) is 18.2 Å². The lowest BCUT2D eigenvalue weighted by atomic mass is 9.86. The van der Waals surface area contributed by atoms with Crippen LogP contribution in [-0.4, -0.2) is 19.6 Å². The van der Waals surface area contributed by atoms with E-state index in [0.29, 0.717) is 23.5 Å². The second kappa shape index (κ2) is 8.41. The number of para-hydroxylation sites is 1. The van der Waals surface area contributed by atoms with Crippen molar-refractivity contribution >= 4 is 17.3 Å². The second-order valence-electron chi connectivity index (χ2n) is 6.58. The Bertz CT molecular complexity index is 914. The molecule has 0 atom stereocenters. The molecule has 5 heteroatoms. The van der Waals surface area contributed by atoms with E-state index in [0.717, 1.165) is 31.3 Å². The highest BCUT2D eigenvalue weighted by molar-refractivity contribution is 5.98. The van der Waals surface area contributed by atoms with Crippen LogP contribution in [0.5, 0.6) is 0 Å². The summed E-state index contributed by atoms with van der Waals surface area (Å²) in [4.78, 5) is 11.9. The summed E-state index contributed by atoms with van der Waals surface area (Å²) in [7, 11) is 1.36. The monoisotopic (exact) mass is 361 g/mol. The number of hydrogen-bond acceptors (Lipinski definition) is 5. The fourth-order valence-corrected chi connectivity index (χ4v) is 3.43. The molecule has 0 bridgehead atoms. The Labute approximate surface area is 159 Å². The van der Waals surface area contributed by atoms with Crippen LogP contribution in [0, 0.1) is 11.3 Å². The Kier molecular flexibility index (Phi) is 5.77. The molecule has 0 radical (unpaired) electrons. The van der Waals surface area contributed by atoms with E-state index < -0.39 is 5.97 Å². The molecule has 5 nitrogen and oxygen atoms in total. The van der Waals surface area contributed by atoms with E-state index in [9.17, 15) is 10.1 Å². The highest BCUT2D eigenvalue weighted by atomic mass is 16.5. The summed E-state index contributed by atoms with van der Waals surface area (Å²) in [5, 5.41) is 12.6. The Morgan fingerprint density at radius 1 is 1.30 bits per heavy atom. The van der Waals surface area contributed by atoms with Crippen LogP contribution >= 0.6 is 0 Å². The van der Waals surface area contributed by atoms with Gasteiger partial charge < -0.3 is 15.8 Å². The van der Waals surface area contributed by atoms with Gasteiger partial charge in [0.25, 0.3) is 0 Å². The minimum Gasteiger partial charge on any atom is -0.465 e. The summed E-state index contributed by atoms with van der Waals surface area (Å²) in [5.74, 6) is -0.411. The maximum Gasteiger partial charge on any atom is 0.340 e. The second-order valence-corrected chi connectivity index (χ2v) is 6.58. The zero-order valence-electron chi connectivity index (χ0n) is 15.4. The van der Waals surface area contributed by atoms with Gasteiger partial charge in [0.05, 0.1) is 35.7 Å². The molecule has 0 aliphatic heterocycles. The number of carbonyl (C=O) groups excluding carboxylic acids is 1. The van der Waals surface area contributed by atoms with Crippen LogP contribution in [0.3, 0.4) is 0 Å². The summed E-state index contributed by atoms with van der Waals surface area (Å²) < 4.78 is 4.83. The van der Waals surface area contributed by atoms with Gasteiger partial charge in [0.1, 0.15) is 0 Å². The molecule has 0 heterocycles. The van der Waals surface area contributed by atoms with Crippen LogP contribution in [0.1, 0.15) is 36.0 Å². The molecule has 138 valence electrons.